The quantitative estimate of drug-likeness (QED) is 0.929. The van der Waals surface area contributed by atoms with Gasteiger partial charge in [-0.15, -0.1) is 0 Å². The van der Waals surface area contributed by atoms with Crippen LogP contribution in [0.5, 0.6) is 0 Å². The second-order valence-electron chi connectivity index (χ2n) is 4.25. The van der Waals surface area contributed by atoms with Gasteiger partial charge in [0, 0.05) is 22.4 Å². The van der Waals surface area contributed by atoms with E-state index in [4.69, 9.17) is 0 Å². The van der Waals surface area contributed by atoms with Gasteiger partial charge in [-0.1, -0.05) is 6.07 Å². The van der Waals surface area contributed by atoms with Gasteiger partial charge in [-0.3, -0.25) is 4.98 Å². The van der Waals surface area contributed by atoms with Crippen LogP contribution in [0, 0.1) is 18.6 Å². The molecule has 2 nitrogen and oxygen atoms in total. The molecule has 1 N–H and O–H groups in total. The van der Waals surface area contributed by atoms with E-state index in [1.54, 1.807) is 32.4 Å². The molecule has 0 aliphatic rings. The summed E-state index contributed by atoms with van der Waals surface area (Å²) in [4.78, 5) is 4.03. The largest absolute Gasteiger partial charge is 0.309 e. The van der Waals surface area contributed by atoms with Crippen LogP contribution < -0.4 is 5.32 Å². The summed E-state index contributed by atoms with van der Waals surface area (Å²) in [5.41, 5.74) is 1.13. The van der Waals surface area contributed by atoms with Crippen LogP contribution in [0.1, 0.15) is 22.7 Å². The Morgan fingerprint density at radius 1 is 1.26 bits per heavy atom. The van der Waals surface area contributed by atoms with Crippen molar-refractivity contribution >= 4 is 15.9 Å². The molecule has 2 rings (SSSR count). The zero-order chi connectivity index (χ0) is 14.0. The molecule has 100 valence electrons. The molecule has 2 aromatic rings. The molecule has 0 radical (unpaired) electrons. The summed E-state index contributed by atoms with van der Waals surface area (Å²) in [6.45, 7) is 1.62. The third kappa shape index (κ3) is 2.82. The lowest BCUT2D eigenvalue weighted by Crippen LogP contribution is -2.21. The Morgan fingerprint density at radius 2 is 2.00 bits per heavy atom. The molecule has 0 bridgehead atoms. The van der Waals surface area contributed by atoms with E-state index < -0.39 is 17.7 Å². The van der Waals surface area contributed by atoms with Crippen molar-refractivity contribution in [1.29, 1.82) is 0 Å². The van der Waals surface area contributed by atoms with Crippen molar-refractivity contribution in [3.05, 3.63) is 63.4 Å². The lowest BCUT2D eigenvalue weighted by molar-refractivity contribution is 0.517. The minimum absolute atomic E-state index is 0.0161. The number of pyridine rings is 1. The average molecular weight is 327 g/mol. The van der Waals surface area contributed by atoms with Crippen molar-refractivity contribution < 1.29 is 8.78 Å². The first-order valence-corrected chi connectivity index (χ1v) is 6.56. The van der Waals surface area contributed by atoms with E-state index in [2.05, 4.69) is 26.2 Å². The molecule has 1 aromatic carbocycles. The third-order valence-corrected chi connectivity index (χ3v) is 3.39. The Morgan fingerprint density at radius 3 is 2.63 bits per heavy atom. The molecule has 0 spiro atoms. The smallest absolute Gasteiger partial charge is 0.134 e. The summed E-state index contributed by atoms with van der Waals surface area (Å²) < 4.78 is 28.9. The lowest BCUT2D eigenvalue weighted by Gasteiger charge is -2.19. The van der Waals surface area contributed by atoms with E-state index in [1.807, 2.05) is 0 Å². The number of benzene rings is 1. The molecule has 0 aliphatic carbocycles. The third-order valence-electron chi connectivity index (χ3n) is 2.96. The highest BCUT2D eigenvalue weighted by atomic mass is 79.9. The van der Waals surface area contributed by atoms with Crippen LogP contribution in [-0.4, -0.2) is 12.0 Å². The van der Waals surface area contributed by atoms with Crippen molar-refractivity contribution in [2.45, 2.75) is 13.0 Å². The van der Waals surface area contributed by atoms with Crippen LogP contribution in [0.3, 0.4) is 0 Å². The first-order chi connectivity index (χ1) is 9.04. The van der Waals surface area contributed by atoms with Gasteiger partial charge in [0.05, 0.1) is 6.04 Å². The highest BCUT2D eigenvalue weighted by Crippen LogP contribution is 2.29. The first kappa shape index (κ1) is 14.1. The fraction of sp³-hybridized carbons (Fsp3) is 0.214. The molecule has 19 heavy (non-hydrogen) atoms. The summed E-state index contributed by atoms with van der Waals surface area (Å²) >= 11 is 3.31. The normalized spacial score (nSPS) is 12.5. The zero-order valence-corrected chi connectivity index (χ0v) is 12.1. The monoisotopic (exact) mass is 326 g/mol. The van der Waals surface area contributed by atoms with Gasteiger partial charge in [0.15, 0.2) is 0 Å². The van der Waals surface area contributed by atoms with Gasteiger partial charge in [0.2, 0.25) is 0 Å². The molecule has 0 saturated heterocycles. The lowest BCUT2D eigenvalue weighted by atomic mass is 9.97. The van der Waals surface area contributed by atoms with Gasteiger partial charge in [-0.05, 0) is 53.2 Å². The average Bonchev–Trinajstić information content (AvgIpc) is 2.39. The first-order valence-electron chi connectivity index (χ1n) is 5.76. The molecular formula is C14H13BrF2N2. The number of aromatic nitrogens is 1. The molecule has 1 aromatic heterocycles. The van der Waals surface area contributed by atoms with Crippen LogP contribution in [0.15, 0.2) is 35.1 Å². The van der Waals surface area contributed by atoms with Gasteiger partial charge >= 0.3 is 0 Å². The second-order valence-corrected chi connectivity index (χ2v) is 5.17. The maximum Gasteiger partial charge on any atom is 0.134 e. The molecule has 1 atom stereocenters. The van der Waals surface area contributed by atoms with Crippen molar-refractivity contribution in [3.8, 4) is 0 Å². The number of nitrogens with zero attached hydrogens (tertiary/aromatic N) is 1. The molecule has 1 heterocycles. The fourth-order valence-corrected chi connectivity index (χ4v) is 2.39. The van der Waals surface area contributed by atoms with Gasteiger partial charge in [0.1, 0.15) is 11.6 Å². The van der Waals surface area contributed by atoms with Crippen LogP contribution in [0.2, 0.25) is 0 Å². The summed E-state index contributed by atoms with van der Waals surface area (Å²) in [6, 6.07) is 3.92. The van der Waals surface area contributed by atoms with E-state index in [0.29, 0.717) is 11.1 Å². The minimum atomic E-state index is -0.579. The standard InChI is InChI=1S/C14H13BrF2N2/c1-8-3-4-11(16)12(13(8)17)14(18-2)9-5-10(15)7-19-6-9/h3-7,14,18H,1-2H3. The maximum atomic E-state index is 14.2. The summed E-state index contributed by atoms with van der Waals surface area (Å²) in [6.07, 6.45) is 3.21. The highest BCUT2D eigenvalue weighted by Gasteiger charge is 2.22. The van der Waals surface area contributed by atoms with Crippen LogP contribution in [0.4, 0.5) is 8.78 Å². The Labute approximate surface area is 119 Å². The predicted octanol–water partition coefficient (Wildman–Crippen LogP) is 3.74. The topological polar surface area (TPSA) is 24.9 Å². The van der Waals surface area contributed by atoms with Crippen molar-refractivity contribution in [2.24, 2.45) is 0 Å². The van der Waals surface area contributed by atoms with Crippen LogP contribution >= 0.6 is 15.9 Å². The second kappa shape index (κ2) is 5.75. The van der Waals surface area contributed by atoms with Crippen molar-refractivity contribution in [2.75, 3.05) is 7.05 Å². The Kier molecular flexibility index (Phi) is 4.27. The minimum Gasteiger partial charge on any atom is -0.309 e. The zero-order valence-electron chi connectivity index (χ0n) is 10.5. The number of nitrogens with one attached hydrogen (secondary N) is 1. The number of halogens is 3. The molecule has 5 heteroatoms. The van der Waals surface area contributed by atoms with Crippen molar-refractivity contribution in [3.63, 3.8) is 0 Å². The molecule has 0 saturated carbocycles. The predicted molar refractivity (Wildman–Crippen MR) is 73.9 cm³/mol. The van der Waals surface area contributed by atoms with Crippen LogP contribution in [0.25, 0.3) is 0 Å². The molecule has 0 amide bonds. The summed E-state index contributed by atoms with van der Waals surface area (Å²) in [5.74, 6) is -1.10. The van der Waals surface area contributed by atoms with Crippen LogP contribution in [-0.2, 0) is 0 Å². The molecule has 0 fully saturated rings. The molecule has 1 unspecified atom stereocenters. The van der Waals surface area contributed by atoms with E-state index in [-0.39, 0.29) is 5.56 Å². The van der Waals surface area contributed by atoms with E-state index in [9.17, 15) is 8.78 Å². The Bertz CT molecular complexity index is 602. The Hall–Kier alpha value is -1.33. The number of rotatable bonds is 3. The van der Waals surface area contributed by atoms with E-state index in [1.165, 1.54) is 12.1 Å². The fourth-order valence-electron chi connectivity index (χ4n) is 2.01. The Balaban J connectivity index is 2.57. The molecular weight excluding hydrogens is 314 g/mol. The van der Waals surface area contributed by atoms with Gasteiger partial charge in [-0.2, -0.15) is 0 Å². The maximum absolute atomic E-state index is 14.2. The summed E-state index contributed by atoms with van der Waals surface area (Å²) in [5, 5.41) is 2.93. The number of hydrogen-bond donors (Lipinski definition) is 1. The number of hydrogen-bond acceptors (Lipinski definition) is 2. The number of aryl methyl sites for hydroxylation is 1. The van der Waals surface area contributed by atoms with E-state index >= 15 is 0 Å². The van der Waals surface area contributed by atoms with Crippen molar-refractivity contribution in [1.82, 2.24) is 10.3 Å². The van der Waals surface area contributed by atoms with Gasteiger partial charge in [0.25, 0.3) is 0 Å². The summed E-state index contributed by atoms with van der Waals surface area (Å²) in [7, 11) is 1.66. The highest BCUT2D eigenvalue weighted by molar-refractivity contribution is 9.10. The SMILES string of the molecule is CNC(c1cncc(Br)c1)c1c(F)ccc(C)c1F. The van der Waals surface area contributed by atoms with Gasteiger partial charge in [-0.25, -0.2) is 8.78 Å². The van der Waals surface area contributed by atoms with E-state index in [0.717, 1.165) is 4.47 Å². The molecule has 0 aliphatic heterocycles. The van der Waals surface area contributed by atoms with Gasteiger partial charge < -0.3 is 5.32 Å².